The average Bonchev–Trinajstić information content (AvgIpc) is 3.71. The van der Waals surface area contributed by atoms with Gasteiger partial charge in [-0.25, -0.2) is 14.8 Å². The second kappa shape index (κ2) is 16.0. The highest BCUT2D eigenvalue weighted by atomic mass is 32.1. The molecular formula is C35H42N8O6S. The summed E-state index contributed by atoms with van der Waals surface area (Å²) in [4.78, 5) is 80.7. The van der Waals surface area contributed by atoms with Crippen molar-refractivity contribution in [3.8, 4) is 0 Å². The molecule has 1 aliphatic heterocycles. The van der Waals surface area contributed by atoms with E-state index in [-0.39, 0.29) is 67.6 Å². The molecule has 0 saturated heterocycles. The highest BCUT2D eigenvalue weighted by Gasteiger charge is 2.29. The van der Waals surface area contributed by atoms with Crippen LogP contribution in [0.25, 0.3) is 0 Å². The molecule has 1 aliphatic rings. The summed E-state index contributed by atoms with van der Waals surface area (Å²) in [6.45, 7) is 9.16. The van der Waals surface area contributed by atoms with Crippen LogP contribution in [0.3, 0.4) is 0 Å². The minimum absolute atomic E-state index is 0.0667. The lowest BCUT2D eigenvalue weighted by molar-refractivity contribution is -0.132. The van der Waals surface area contributed by atoms with Gasteiger partial charge in [-0.1, -0.05) is 44.2 Å². The Hall–Kier alpha value is -5.18. The van der Waals surface area contributed by atoms with Crippen molar-refractivity contribution in [1.29, 1.82) is 0 Å². The van der Waals surface area contributed by atoms with E-state index in [1.807, 2.05) is 44.2 Å². The molecule has 4 aromatic rings. The first-order valence-electron chi connectivity index (χ1n) is 16.6. The standard InChI is InChI=1S/C35H42N8O6S/c1-20(2)29-34-39-26(19-50-34)31(46)36-13-15-42(28(45)18-43-22(4)16-21(3)37-35(43)48)14-9-12-27(44)38-25(17-24-10-7-6-8-11-24)33-41-30(23(5)49-33)32(47)40-29/h6-8,10-11,16,19-20,25,29H,9,12-15,17-18H2,1-5H3,(H,36,46)(H,38,44)(H,40,47)/t25-,29-/m0/s1. The number of nitrogens with one attached hydrogen (secondary N) is 3. The van der Waals surface area contributed by atoms with Crippen molar-refractivity contribution in [3.63, 3.8) is 0 Å². The SMILES string of the molecule is Cc1cc(C)n(CC(=O)N2CCCC(=O)N[C@@H](Cc3ccccc3)c3nc(c(C)o3)C(=O)N[C@@H](C(C)C)c3nc(cs3)C(=O)NCC2)c(=O)n1. The fourth-order valence-corrected chi connectivity index (χ4v) is 6.76. The number of hydrogen-bond donors (Lipinski definition) is 3. The van der Waals surface area contributed by atoms with Crippen LogP contribution in [-0.4, -0.2) is 67.7 Å². The van der Waals surface area contributed by atoms with Gasteiger partial charge in [0.2, 0.25) is 17.7 Å². The Balaban J connectivity index is 1.44. The van der Waals surface area contributed by atoms with Gasteiger partial charge in [-0.3, -0.25) is 23.7 Å². The van der Waals surface area contributed by atoms with Crippen molar-refractivity contribution >= 4 is 35.0 Å². The van der Waals surface area contributed by atoms with Crippen LogP contribution in [0.2, 0.25) is 0 Å². The maximum absolute atomic E-state index is 13.6. The van der Waals surface area contributed by atoms with Crippen molar-refractivity contribution in [1.82, 2.24) is 40.4 Å². The number of aryl methyl sites for hydroxylation is 3. The lowest BCUT2D eigenvalue weighted by atomic mass is 10.0. The molecular weight excluding hydrogens is 661 g/mol. The quantitative estimate of drug-likeness (QED) is 0.281. The van der Waals surface area contributed by atoms with E-state index >= 15 is 0 Å². The van der Waals surface area contributed by atoms with Crippen LogP contribution in [-0.2, 0) is 22.6 Å². The van der Waals surface area contributed by atoms with Crippen molar-refractivity contribution in [2.24, 2.45) is 5.92 Å². The van der Waals surface area contributed by atoms with Gasteiger partial charge in [0.25, 0.3) is 11.8 Å². The van der Waals surface area contributed by atoms with Crippen molar-refractivity contribution in [2.75, 3.05) is 19.6 Å². The molecule has 15 heteroatoms. The number of rotatable bonds is 5. The van der Waals surface area contributed by atoms with Crippen LogP contribution in [0.1, 0.15) is 93.4 Å². The van der Waals surface area contributed by atoms with Gasteiger partial charge < -0.3 is 25.3 Å². The van der Waals surface area contributed by atoms with E-state index in [0.29, 0.717) is 35.0 Å². The predicted molar refractivity (Wildman–Crippen MR) is 186 cm³/mol. The topological polar surface area (TPSA) is 181 Å². The van der Waals surface area contributed by atoms with Crippen molar-refractivity contribution < 1.29 is 23.6 Å². The zero-order valence-corrected chi connectivity index (χ0v) is 29.6. The molecule has 3 N–H and O–H groups in total. The summed E-state index contributed by atoms with van der Waals surface area (Å²) < 4.78 is 7.30. The lowest BCUT2D eigenvalue weighted by Crippen LogP contribution is -2.42. The minimum Gasteiger partial charge on any atom is -0.443 e. The van der Waals surface area contributed by atoms with E-state index in [9.17, 15) is 24.0 Å². The maximum Gasteiger partial charge on any atom is 0.348 e. The molecule has 0 saturated carbocycles. The molecule has 1 aromatic carbocycles. The highest BCUT2D eigenvalue weighted by Crippen LogP contribution is 2.27. The molecule has 264 valence electrons. The summed E-state index contributed by atoms with van der Waals surface area (Å²) in [5, 5.41) is 11.0. The predicted octanol–water partition coefficient (Wildman–Crippen LogP) is 3.19. The zero-order chi connectivity index (χ0) is 35.9. The van der Waals surface area contributed by atoms with Crippen LogP contribution in [0.5, 0.6) is 0 Å². The van der Waals surface area contributed by atoms with Crippen molar-refractivity contribution in [3.05, 3.63) is 97.3 Å². The third-order valence-electron chi connectivity index (χ3n) is 8.41. The fourth-order valence-electron chi connectivity index (χ4n) is 5.74. The molecule has 0 fully saturated rings. The van der Waals surface area contributed by atoms with Crippen LogP contribution < -0.4 is 21.6 Å². The second-order valence-electron chi connectivity index (χ2n) is 12.7. The normalized spacial score (nSPS) is 18.0. The van der Waals surface area contributed by atoms with E-state index in [4.69, 9.17) is 4.42 Å². The number of benzene rings is 1. The number of thiazole rings is 1. The van der Waals surface area contributed by atoms with Gasteiger partial charge in [0.15, 0.2) is 5.69 Å². The Bertz CT molecular complexity index is 1920. The van der Waals surface area contributed by atoms with Gasteiger partial charge >= 0.3 is 5.69 Å². The number of carbonyl (C=O) groups is 4. The van der Waals surface area contributed by atoms with E-state index in [1.54, 1.807) is 32.2 Å². The Morgan fingerprint density at radius 3 is 2.48 bits per heavy atom. The number of hydrogen-bond acceptors (Lipinski definition) is 10. The van der Waals surface area contributed by atoms with Gasteiger partial charge in [0, 0.05) is 49.2 Å². The van der Waals surface area contributed by atoms with Crippen LogP contribution in [0, 0.1) is 26.7 Å². The smallest absolute Gasteiger partial charge is 0.348 e. The Morgan fingerprint density at radius 1 is 1.00 bits per heavy atom. The number of amides is 4. The Kier molecular flexibility index (Phi) is 11.6. The summed E-state index contributed by atoms with van der Waals surface area (Å²) in [7, 11) is 0. The Labute approximate surface area is 293 Å². The minimum atomic E-state index is -0.671. The first kappa shape index (κ1) is 36.1. The zero-order valence-electron chi connectivity index (χ0n) is 28.8. The summed E-state index contributed by atoms with van der Waals surface area (Å²) in [5.41, 5.74) is 1.84. The molecule has 50 heavy (non-hydrogen) atoms. The summed E-state index contributed by atoms with van der Waals surface area (Å²) >= 11 is 1.26. The molecule has 3 aromatic heterocycles. The van der Waals surface area contributed by atoms with Gasteiger partial charge in [-0.2, -0.15) is 4.98 Å². The highest BCUT2D eigenvalue weighted by molar-refractivity contribution is 7.09. The molecule has 4 heterocycles. The second-order valence-corrected chi connectivity index (χ2v) is 13.6. The van der Waals surface area contributed by atoms with Gasteiger partial charge in [-0.05, 0) is 44.7 Å². The molecule has 0 spiro atoms. The number of oxazole rings is 1. The fraction of sp³-hybridized carbons (Fsp3) is 0.429. The average molecular weight is 703 g/mol. The largest absolute Gasteiger partial charge is 0.443 e. The first-order chi connectivity index (χ1) is 23.9. The van der Waals surface area contributed by atoms with E-state index < -0.39 is 29.6 Å². The van der Waals surface area contributed by atoms with Gasteiger partial charge in [0.05, 0.1) is 6.04 Å². The molecule has 2 atom stereocenters. The summed E-state index contributed by atoms with van der Waals surface area (Å²) in [6.07, 6.45) is 0.734. The van der Waals surface area contributed by atoms with Crippen LogP contribution in [0.15, 0.2) is 51.0 Å². The molecule has 4 bridgehead atoms. The molecule has 14 nitrogen and oxygen atoms in total. The van der Waals surface area contributed by atoms with Gasteiger partial charge in [0.1, 0.15) is 29.0 Å². The summed E-state index contributed by atoms with van der Waals surface area (Å²) in [6, 6.07) is 10.1. The first-order valence-corrected chi connectivity index (χ1v) is 17.5. The molecule has 4 amide bonds. The third-order valence-corrected chi connectivity index (χ3v) is 9.34. The number of aromatic nitrogens is 4. The van der Waals surface area contributed by atoms with E-state index in [0.717, 1.165) is 5.56 Å². The van der Waals surface area contributed by atoms with Crippen LogP contribution >= 0.6 is 11.3 Å². The number of fused-ring (bicyclic) bond motifs is 4. The van der Waals surface area contributed by atoms with E-state index in [1.165, 1.54) is 20.8 Å². The molecule has 0 unspecified atom stereocenters. The number of carbonyl (C=O) groups excluding carboxylic acids is 4. The molecule has 0 aliphatic carbocycles. The maximum atomic E-state index is 13.6. The molecule has 5 rings (SSSR count). The Morgan fingerprint density at radius 2 is 1.76 bits per heavy atom. The number of nitrogens with zero attached hydrogens (tertiary/aromatic N) is 5. The lowest BCUT2D eigenvalue weighted by Gasteiger charge is -2.24. The third kappa shape index (κ3) is 8.88. The monoisotopic (exact) mass is 702 g/mol. The van der Waals surface area contributed by atoms with Crippen molar-refractivity contribution in [2.45, 2.75) is 72.5 Å². The molecule has 0 radical (unpaired) electrons. The van der Waals surface area contributed by atoms with Gasteiger partial charge in [-0.15, -0.1) is 11.3 Å². The van der Waals surface area contributed by atoms with E-state index in [2.05, 4.69) is 30.9 Å². The summed E-state index contributed by atoms with van der Waals surface area (Å²) in [5.74, 6) is -1.12. The van der Waals surface area contributed by atoms with Crippen LogP contribution in [0.4, 0.5) is 0 Å².